The van der Waals surface area contributed by atoms with Gasteiger partial charge in [0.1, 0.15) is 0 Å². The van der Waals surface area contributed by atoms with Gasteiger partial charge in [-0.25, -0.2) is 0 Å². The summed E-state index contributed by atoms with van der Waals surface area (Å²) < 4.78 is 0. The summed E-state index contributed by atoms with van der Waals surface area (Å²) >= 11 is 6.03. The van der Waals surface area contributed by atoms with E-state index >= 15 is 0 Å². The zero-order chi connectivity index (χ0) is 17.1. The van der Waals surface area contributed by atoms with Gasteiger partial charge in [0.05, 0.1) is 5.92 Å². The van der Waals surface area contributed by atoms with E-state index in [0.717, 1.165) is 16.5 Å². The van der Waals surface area contributed by atoms with E-state index in [0.29, 0.717) is 5.03 Å². The van der Waals surface area contributed by atoms with Crippen molar-refractivity contribution in [2.24, 2.45) is 23.5 Å². The van der Waals surface area contributed by atoms with Gasteiger partial charge < -0.3 is 11.1 Å². The van der Waals surface area contributed by atoms with Crippen molar-refractivity contribution in [3.63, 3.8) is 0 Å². The molecule has 3 N–H and O–H groups in total. The Kier molecular flexibility index (Phi) is 4.97. The topological polar surface area (TPSA) is 68.0 Å². The van der Waals surface area contributed by atoms with Crippen molar-refractivity contribution in [2.75, 3.05) is 11.9 Å². The molecule has 2 unspecified atom stereocenters. The number of carbonyl (C=O) groups excluding carboxylic acids is 1. The summed E-state index contributed by atoms with van der Waals surface area (Å²) in [6.07, 6.45) is 9.32. The van der Waals surface area contributed by atoms with Crippen LogP contribution in [0.1, 0.15) is 6.92 Å². The van der Waals surface area contributed by atoms with Gasteiger partial charge in [-0.3, -0.25) is 9.78 Å². The first kappa shape index (κ1) is 16.7. The summed E-state index contributed by atoms with van der Waals surface area (Å²) in [5.74, 6) is -0.157. The molecule has 1 aliphatic carbocycles. The quantitative estimate of drug-likeness (QED) is 0.891. The van der Waals surface area contributed by atoms with Gasteiger partial charge in [-0.15, -0.1) is 0 Å². The summed E-state index contributed by atoms with van der Waals surface area (Å²) in [7, 11) is 0. The maximum Gasteiger partial charge on any atom is 0.229 e. The molecule has 0 spiro atoms. The second kappa shape index (κ2) is 7.16. The Morgan fingerprint density at radius 1 is 1.38 bits per heavy atom. The van der Waals surface area contributed by atoms with E-state index < -0.39 is 0 Å². The number of hydrogen-bond donors (Lipinski definition) is 2. The SMILES string of the molecule is CC1C=C(Cl)C=CC1[C@H](CN)C(=O)Nc1ccc2cnccc2c1. The average molecular weight is 342 g/mol. The fraction of sp³-hybridized carbons (Fsp3) is 0.263. The minimum atomic E-state index is -0.301. The lowest BCUT2D eigenvalue weighted by molar-refractivity contribution is -0.121. The maximum atomic E-state index is 12.7. The highest BCUT2D eigenvalue weighted by Gasteiger charge is 2.30. The number of nitrogens with zero attached hydrogens (tertiary/aromatic N) is 1. The standard InChI is InChI=1S/C19H20ClN3O/c1-12-8-15(20)3-5-17(12)18(10-21)19(24)23-16-4-2-14-11-22-7-6-13(14)9-16/h2-9,11-12,17-18H,10,21H2,1H3,(H,23,24)/t12?,17?,18-/m0/s1. The lowest BCUT2D eigenvalue weighted by Gasteiger charge is -2.28. The number of rotatable bonds is 4. The van der Waals surface area contributed by atoms with E-state index in [1.807, 2.05) is 42.5 Å². The molecule has 1 aromatic heterocycles. The van der Waals surface area contributed by atoms with Crippen LogP contribution >= 0.6 is 11.6 Å². The van der Waals surface area contributed by atoms with Crippen molar-refractivity contribution in [3.8, 4) is 0 Å². The predicted molar refractivity (Wildman–Crippen MR) is 98.6 cm³/mol. The van der Waals surface area contributed by atoms with Crippen LogP contribution in [0.15, 0.2) is 59.9 Å². The molecule has 0 bridgehead atoms. The number of aromatic nitrogens is 1. The number of benzene rings is 1. The van der Waals surface area contributed by atoms with Crippen molar-refractivity contribution in [1.29, 1.82) is 0 Å². The molecule has 0 fully saturated rings. The molecule has 1 amide bonds. The lowest BCUT2D eigenvalue weighted by Crippen LogP contribution is -2.37. The van der Waals surface area contributed by atoms with Gasteiger partial charge >= 0.3 is 0 Å². The van der Waals surface area contributed by atoms with E-state index in [9.17, 15) is 4.79 Å². The number of nitrogens with one attached hydrogen (secondary N) is 1. The minimum Gasteiger partial charge on any atom is -0.330 e. The minimum absolute atomic E-state index is 0.0437. The molecule has 1 aliphatic rings. The van der Waals surface area contributed by atoms with Crippen LogP contribution < -0.4 is 11.1 Å². The van der Waals surface area contributed by atoms with E-state index in [2.05, 4.69) is 17.2 Å². The third-order valence-corrected chi connectivity index (χ3v) is 4.72. The van der Waals surface area contributed by atoms with Gasteiger partial charge in [0, 0.05) is 35.0 Å². The van der Waals surface area contributed by atoms with Crippen LogP contribution in [-0.4, -0.2) is 17.4 Å². The molecule has 0 aliphatic heterocycles. The van der Waals surface area contributed by atoms with E-state index in [4.69, 9.17) is 17.3 Å². The number of amides is 1. The Hall–Kier alpha value is -2.17. The summed E-state index contributed by atoms with van der Waals surface area (Å²) in [5.41, 5.74) is 6.65. The number of nitrogens with two attached hydrogens (primary N) is 1. The van der Waals surface area contributed by atoms with E-state index in [-0.39, 0.29) is 30.2 Å². The van der Waals surface area contributed by atoms with Gasteiger partial charge in [0.15, 0.2) is 0 Å². The molecule has 0 radical (unpaired) electrons. The largest absolute Gasteiger partial charge is 0.330 e. The van der Waals surface area contributed by atoms with Crippen molar-refractivity contribution < 1.29 is 4.79 Å². The van der Waals surface area contributed by atoms with Gasteiger partial charge in [-0.05, 0) is 41.5 Å². The number of anilines is 1. The highest BCUT2D eigenvalue weighted by atomic mass is 35.5. The number of allylic oxidation sites excluding steroid dienone is 4. The van der Waals surface area contributed by atoms with Gasteiger partial charge in [0.25, 0.3) is 0 Å². The predicted octanol–water partition coefficient (Wildman–Crippen LogP) is 3.69. The Bertz CT molecular complexity index is 815. The second-order valence-electron chi connectivity index (χ2n) is 6.12. The van der Waals surface area contributed by atoms with Crippen LogP contribution in [0.25, 0.3) is 10.8 Å². The van der Waals surface area contributed by atoms with E-state index in [1.165, 1.54) is 0 Å². The first-order valence-corrected chi connectivity index (χ1v) is 8.36. The molecular weight excluding hydrogens is 322 g/mol. The van der Waals surface area contributed by atoms with Crippen LogP contribution in [0.5, 0.6) is 0 Å². The Labute approximate surface area is 146 Å². The van der Waals surface area contributed by atoms with Gasteiger partial charge in [-0.1, -0.05) is 36.7 Å². The monoisotopic (exact) mass is 341 g/mol. The molecule has 4 nitrogen and oxygen atoms in total. The molecule has 3 atom stereocenters. The molecule has 124 valence electrons. The van der Waals surface area contributed by atoms with Crippen molar-refractivity contribution in [3.05, 3.63) is 59.9 Å². The molecule has 24 heavy (non-hydrogen) atoms. The Morgan fingerprint density at radius 3 is 2.96 bits per heavy atom. The van der Waals surface area contributed by atoms with Gasteiger partial charge in [0.2, 0.25) is 5.91 Å². The molecule has 0 saturated heterocycles. The Balaban J connectivity index is 1.77. The molecule has 1 heterocycles. The number of fused-ring (bicyclic) bond motifs is 1. The van der Waals surface area contributed by atoms with Crippen LogP contribution in [0.2, 0.25) is 0 Å². The number of hydrogen-bond acceptors (Lipinski definition) is 3. The fourth-order valence-corrected chi connectivity index (χ4v) is 3.40. The molecule has 1 aromatic carbocycles. The molecule has 0 saturated carbocycles. The average Bonchev–Trinajstić information content (AvgIpc) is 2.57. The summed E-state index contributed by atoms with van der Waals surface area (Å²) in [6, 6.07) is 7.69. The van der Waals surface area contributed by atoms with Crippen LogP contribution in [0, 0.1) is 17.8 Å². The molecule has 3 rings (SSSR count). The fourth-order valence-electron chi connectivity index (χ4n) is 3.13. The van der Waals surface area contributed by atoms with Crippen LogP contribution in [0.3, 0.4) is 0 Å². The summed E-state index contributed by atoms with van der Waals surface area (Å²) in [4.78, 5) is 16.8. The third-order valence-electron chi connectivity index (χ3n) is 4.47. The lowest BCUT2D eigenvalue weighted by atomic mass is 9.79. The molecular formula is C19H20ClN3O. The number of halogens is 1. The van der Waals surface area contributed by atoms with Crippen LogP contribution in [-0.2, 0) is 4.79 Å². The summed E-state index contributed by atoms with van der Waals surface area (Å²) in [5, 5.41) is 5.77. The third kappa shape index (κ3) is 3.50. The van der Waals surface area contributed by atoms with Crippen molar-refractivity contribution in [2.45, 2.75) is 6.92 Å². The normalized spacial score (nSPS) is 21.4. The zero-order valence-electron chi connectivity index (χ0n) is 13.4. The summed E-state index contributed by atoms with van der Waals surface area (Å²) in [6.45, 7) is 2.34. The second-order valence-corrected chi connectivity index (χ2v) is 6.55. The van der Waals surface area contributed by atoms with Crippen molar-refractivity contribution in [1.82, 2.24) is 4.98 Å². The first-order chi connectivity index (χ1) is 11.6. The maximum absolute atomic E-state index is 12.7. The zero-order valence-corrected chi connectivity index (χ0v) is 14.2. The highest BCUT2D eigenvalue weighted by Crippen LogP contribution is 2.31. The highest BCUT2D eigenvalue weighted by molar-refractivity contribution is 6.31. The van der Waals surface area contributed by atoms with Crippen LogP contribution in [0.4, 0.5) is 5.69 Å². The first-order valence-electron chi connectivity index (χ1n) is 7.98. The Morgan fingerprint density at radius 2 is 2.21 bits per heavy atom. The molecule has 5 heteroatoms. The number of pyridine rings is 1. The van der Waals surface area contributed by atoms with Gasteiger partial charge in [-0.2, -0.15) is 0 Å². The smallest absolute Gasteiger partial charge is 0.229 e. The number of carbonyl (C=O) groups is 1. The van der Waals surface area contributed by atoms with E-state index in [1.54, 1.807) is 12.4 Å². The van der Waals surface area contributed by atoms with Crippen molar-refractivity contribution >= 4 is 34.0 Å². The molecule has 2 aromatic rings.